The molecule has 1 rings (SSSR count). The highest BCUT2D eigenvalue weighted by molar-refractivity contribution is 5.84. The normalized spacial score (nSPS) is 12.3. The number of allylic oxidation sites excluding steroid dienone is 2. The van der Waals surface area contributed by atoms with Crippen molar-refractivity contribution in [3.63, 3.8) is 0 Å². The Bertz CT molecular complexity index is 511. The number of aliphatic hydroxyl groups excluding tert-OH is 1. The molecule has 0 saturated carbocycles. The lowest BCUT2D eigenvalue weighted by molar-refractivity contribution is 0.195. The van der Waals surface area contributed by atoms with Crippen LogP contribution in [0.25, 0.3) is 5.70 Å². The lowest BCUT2D eigenvalue weighted by atomic mass is 10.1. The van der Waals surface area contributed by atoms with Gasteiger partial charge in [-0.05, 0) is 49.6 Å². The average molecular weight is 289 g/mol. The van der Waals surface area contributed by atoms with E-state index in [1.807, 2.05) is 24.3 Å². The topological polar surface area (TPSA) is 51.1 Å². The summed E-state index contributed by atoms with van der Waals surface area (Å²) in [6.07, 6.45) is 3.41. The van der Waals surface area contributed by atoms with Crippen LogP contribution in [0, 0.1) is 0 Å². The van der Waals surface area contributed by atoms with E-state index in [4.69, 9.17) is 9.47 Å². The summed E-state index contributed by atoms with van der Waals surface area (Å²) < 4.78 is 10.1. The van der Waals surface area contributed by atoms with Crippen molar-refractivity contribution in [2.45, 2.75) is 19.8 Å². The number of benzene rings is 1. The van der Waals surface area contributed by atoms with E-state index in [2.05, 4.69) is 11.6 Å². The van der Waals surface area contributed by atoms with Gasteiger partial charge in [-0.25, -0.2) is 0 Å². The first-order chi connectivity index (χ1) is 10.1. The van der Waals surface area contributed by atoms with Gasteiger partial charge in [-0.15, -0.1) is 0 Å². The van der Waals surface area contributed by atoms with Crippen LogP contribution in [0.4, 0.5) is 0 Å². The van der Waals surface area contributed by atoms with Crippen molar-refractivity contribution in [2.24, 2.45) is 4.99 Å². The van der Waals surface area contributed by atoms with E-state index < -0.39 is 0 Å². The third kappa shape index (κ3) is 5.83. The van der Waals surface area contributed by atoms with Crippen LogP contribution in [0.5, 0.6) is 5.75 Å². The van der Waals surface area contributed by atoms with E-state index in [9.17, 15) is 5.11 Å². The molecule has 0 radical (unpaired) electrons. The summed E-state index contributed by atoms with van der Waals surface area (Å²) in [4.78, 5) is 4.35. The summed E-state index contributed by atoms with van der Waals surface area (Å²) in [7, 11) is 3.29. The highest BCUT2D eigenvalue weighted by Crippen LogP contribution is 2.22. The Kier molecular flexibility index (Phi) is 7.26. The van der Waals surface area contributed by atoms with E-state index in [1.54, 1.807) is 27.4 Å². The zero-order valence-electron chi connectivity index (χ0n) is 12.9. The summed E-state index contributed by atoms with van der Waals surface area (Å²) in [5.41, 5.74) is 2.27. The number of rotatable bonds is 8. The smallest absolute Gasteiger partial charge is 0.118 e. The van der Waals surface area contributed by atoms with Gasteiger partial charge in [0.05, 0.1) is 7.11 Å². The van der Waals surface area contributed by atoms with Gasteiger partial charge in [0.15, 0.2) is 0 Å². The maximum Gasteiger partial charge on any atom is 0.118 e. The Balaban J connectivity index is 2.79. The number of ether oxygens (including phenoxy) is 2. The number of methoxy groups -OCH3 is 2. The molecule has 0 aliphatic rings. The Morgan fingerprint density at radius 3 is 2.48 bits per heavy atom. The highest BCUT2D eigenvalue weighted by Gasteiger charge is 2.04. The number of hydrogen-bond acceptors (Lipinski definition) is 4. The van der Waals surface area contributed by atoms with Gasteiger partial charge in [-0.1, -0.05) is 6.58 Å². The van der Waals surface area contributed by atoms with Crippen molar-refractivity contribution in [3.05, 3.63) is 47.7 Å². The van der Waals surface area contributed by atoms with Crippen molar-refractivity contribution >= 4 is 11.9 Å². The summed E-state index contributed by atoms with van der Waals surface area (Å²) in [5, 5.41) is 9.80. The lowest BCUT2D eigenvalue weighted by Crippen LogP contribution is -1.93. The third-order valence-electron chi connectivity index (χ3n) is 2.93. The molecule has 0 spiro atoms. The second-order valence-corrected chi connectivity index (χ2v) is 4.68. The van der Waals surface area contributed by atoms with Crippen LogP contribution in [0.1, 0.15) is 25.3 Å². The quantitative estimate of drug-likeness (QED) is 0.447. The van der Waals surface area contributed by atoms with E-state index in [1.165, 1.54) is 0 Å². The molecule has 0 aliphatic heterocycles. The minimum Gasteiger partial charge on any atom is -0.510 e. The van der Waals surface area contributed by atoms with E-state index in [-0.39, 0.29) is 5.76 Å². The molecule has 4 nitrogen and oxygen atoms in total. The van der Waals surface area contributed by atoms with Crippen LogP contribution < -0.4 is 4.74 Å². The number of aliphatic hydroxyl groups is 1. The molecule has 4 heteroatoms. The average Bonchev–Trinajstić information content (AvgIpc) is 2.48. The third-order valence-corrected chi connectivity index (χ3v) is 2.93. The number of aliphatic imine (C=N–C) groups is 1. The van der Waals surface area contributed by atoms with Crippen LogP contribution >= 0.6 is 0 Å². The molecule has 1 aromatic carbocycles. The fourth-order valence-electron chi connectivity index (χ4n) is 1.79. The van der Waals surface area contributed by atoms with Gasteiger partial charge >= 0.3 is 0 Å². The van der Waals surface area contributed by atoms with Gasteiger partial charge in [0.1, 0.15) is 17.2 Å². The van der Waals surface area contributed by atoms with Gasteiger partial charge in [-0.2, -0.15) is 0 Å². The first-order valence-corrected chi connectivity index (χ1v) is 6.83. The molecular weight excluding hydrogens is 266 g/mol. The molecule has 0 aromatic heterocycles. The Hall–Kier alpha value is -2.07. The van der Waals surface area contributed by atoms with Crippen LogP contribution in [-0.4, -0.2) is 32.1 Å². The van der Waals surface area contributed by atoms with Gasteiger partial charge in [-0.3, -0.25) is 4.99 Å². The molecule has 0 amide bonds. The van der Waals surface area contributed by atoms with Gasteiger partial charge in [0, 0.05) is 25.5 Å². The van der Waals surface area contributed by atoms with E-state index in [0.717, 1.165) is 29.7 Å². The molecule has 114 valence electrons. The standard InChI is InChI=1S/C17H23NO3/c1-13(6-5-11-20-3)12-18-17(14(2)19)15-7-9-16(21-4)10-8-15/h7-10,12,19H,1,5-6,11H2,2-4H3/b17-14+,18-12?. The summed E-state index contributed by atoms with van der Waals surface area (Å²) in [5.74, 6) is 0.933. The maximum atomic E-state index is 9.80. The predicted octanol–water partition coefficient (Wildman–Crippen LogP) is 4.00. The number of hydrogen-bond donors (Lipinski definition) is 1. The molecule has 0 aliphatic carbocycles. The molecule has 1 aromatic rings. The van der Waals surface area contributed by atoms with Gasteiger partial charge in [0.2, 0.25) is 0 Å². The van der Waals surface area contributed by atoms with Crippen LogP contribution in [0.2, 0.25) is 0 Å². The summed E-state index contributed by atoms with van der Waals surface area (Å²) >= 11 is 0. The van der Waals surface area contributed by atoms with Crippen molar-refractivity contribution in [3.8, 4) is 5.75 Å². The molecule has 21 heavy (non-hydrogen) atoms. The molecule has 0 bridgehead atoms. The van der Waals surface area contributed by atoms with Crippen molar-refractivity contribution in [1.29, 1.82) is 0 Å². The second-order valence-electron chi connectivity index (χ2n) is 4.68. The minimum absolute atomic E-state index is 0.168. The van der Waals surface area contributed by atoms with Crippen LogP contribution in [-0.2, 0) is 4.74 Å². The molecule has 0 unspecified atom stereocenters. The maximum absolute atomic E-state index is 9.80. The highest BCUT2D eigenvalue weighted by atomic mass is 16.5. The van der Waals surface area contributed by atoms with Crippen LogP contribution in [0.3, 0.4) is 0 Å². The minimum atomic E-state index is 0.168. The molecular formula is C17H23NO3. The molecule has 0 saturated heterocycles. The molecule has 0 fully saturated rings. The first kappa shape index (κ1) is 17.0. The van der Waals surface area contributed by atoms with Crippen LogP contribution in [0.15, 0.2) is 47.2 Å². The number of nitrogens with zero attached hydrogens (tertiary/aromatic N) is 1. The monoisotopic (exact) mass is 289 g/mol. The zero-order chi connectivity index (χ0) is 15.7. The molecule has 1 N–H and O–H groups in total. The van der Waals surface area contributed by atoms with Crippen molar-refractivity contribution in [1.82, 2.24) is 0 Å². The fourth-order valence-corrected chi connectivity index (χ4v) is 1.79. The molecule has 0 heterocycles. The Morgan fingerprint density at radius 1 is 1.29 bits per heavy atom. The zero-order valence-corrected chi connectivity index (χ0v) is 12.9. The van der Waals surface area contributed by atoms with Gasteiger partial charge in [0.25, 0.3) is 0 Å². The van der Waals surface area contributed by atoms with Crippen molar-refractivity contribution in [2.75, 3.05) is 20.8 Å². The van der Waals surface area contributed by atoms with Crippen molar-refractivity contribution < 1.29 is 14.6 Å². The van der Waals surface area contributed by atoms with E-state index in [0.29, 0.717) is 12.3 Å². The first-order valence-electron chi connectivity index (χ1n) is 6.83. The molecule has 0 atom stereocenters. The fraction of sp³-hybridized carbons (Fsp3) is 0.353. The summed E-state index contributed by atoms with van der Waals surface area (Å²) in [6, 6.07) is 7.39. The second kappa shape index (κ2) is 8.97. The summed E-state index contributed by atoms with van der Waals surface area (Å²) in [6.45, 7) is 6.27. The Morgan fingerprint density at radius 2 is 1.95 bits per heavy atom. The van der Waals surface area contributed by atoms with Gasteiger partial charge < -0.3 is 14.6 Å². The largest absolute Gasteiger partial charge is 0.510 e. The SMILES string of the molecule is C=C(C=N/C(=C(\C)O)c1ccc(OC)cc1)CCCOC. The Labute approximate surface area is 126 Å². The van der Waals surface area contributed by atoms with E-state index >= 15 is 0 Å². The lowest BCUT2D eigenvalue weighted by Gasteiger charge is -2.06. The predicted molar refractivity (Wildman–Crippen MR) is 87.0 cm³/mol.